The van der Waals surface area contributed by atoms with Gasteiger partial charge in [0, 0.05) is 5.56 Å². The number of aromatic hydroxyl groups is 1. The van der Waals surface area contributed by atoms with Crippen LogP contribution in [-0.4, -0.2) is 12.2 Å². The highest BCUT2D eigenvalue weighted by atomic mass is 16.5. The molecule has 0 aliphatic rings. The van der Waals surface area contributed by atoms with Gasteiger partial charge in [0.15, 0.2) is 0 Å². The quantitative estimate of drug-likeness (QED) is 0.718. The van der Waals surface area contributed by atoms with Crippen molar-refractivity contribution in [2.45, 2.75) is 6.42 Å². The minimum Gasteiger partial charge on any atom is -0.507 e. The number of phenolic OH excluding ortho intramolecular Hbond substituents is 1. The highest BCUT2D eigenvalue weighted by molar-refractivity contribution is 5.45. The fourth-order valence-electron chi connectivity index (χ4n) is 1.00. The van der Waals surface area contributed by atoms with Crippen LogP contribution < -0.4 is 4.74 Å². The van der Waals surface area contributed by atoms with Crippen LogP contribution in [0.1, 0.15) is 5.56 Å². The molecule has 0 radical (unpaired) electrons. The second kappa shape index (κ2) is 3.63. The largest absolute Gasteiger partial charge is 0.507 e. The first-order chi connectivity index (χ1) is 5.79. The molecule has 0 atom stereocenters. The summed E-state index contributed by atoms with van der Waals surface area (Å²) >= 11 is 0. The zero-order chi connectivity index (χ0) is 8.97. The van der Waals surface area contributed by atoms with Gasteiger partial charge in [-0.25, -0.2) is 0 Å². The Morgan fingerprint density at radius 1 is 1.58 bits per heavy atom. The summed E-state index contributed by atoms with van der Waals surface area (Å²) < 4.78 is 4.97. The van der Waals surface area contributed by atoms with Gasteiger partial charge in [0.05, 0.1) is 19.6 Å². The van der Waals surface area contributed by atoms with Crippen molar-refractivity contribution in [1.82, 2.24) is 0 Å². The second-order valence-electron chi connectivity index (χ2n) is 2.29. The predicted octanol–water partition coefficient (Wildman–Crippen LogP) is 1.47. The molecule has 0 aliphatic carbocycles. The molecule has 62 valence electrons. The Morgan fingerprint density at radius 3 is 2.92 bits per heavy atom. The number of hydrogen-bond donors (Lipinski definition) is 1. The van der Waals surface area contributed by atoms with Crippen LogP contribution >= 0.6 is 0 Å². The molecule has 1 aromatic rings. The van der Waals surface area contributed by atoms with Gasteiger partial charge in [-0.05, 0) is 12.1 Å². The summed E-state index contributed by atoms with van der Waals surface area (Å²) in [6, 6.07) is 6.89. The van der Waals surface area contributed by atoms with E-state index in [-0.39, 0.29) is 12.2 Å². The van der Waals surface area contributed by atoms with Gasteiger partial charge in [-0.1, -0.05) is 6.07 Å². The summed E-state index contributed by atoms with van der Waals surface area (Å²) in [7, 11) is 1.51. The number of methoxy groups -OCH3 is 1. The van der Waals surface area contributed by atoms with Crippen LogP contribution in [0.25, 0.3) is 0 Å². The van der Waals surface area contributed by atoms with Crippen molar-refractivity contribution < 1.29 is 9.84 Å². The van der Waals surface area contributed by atoms with Gasteiger partial charge in [0.1, 0.15) is 11.5 Å². The van der Waals surface area contributed by atoms with Crippen LogP contribution in [0, 0.1) is 11.3 Å². The molecule has 0 saturated carbocycles. The lowest BCUT2D eigenvalue weighted by Crippen LogP contribution is -1.90. The fraction of sp³-hybridized carbons (Fsp3) is 0.222. The Kier molecular flexibility index (Phi) is 2.54. The summed E-state index contributed by atoms with van der Waals surface area (Å²) in [6.45, 7) is 0. The lowest BCUT2D eigenvalue weighted by molar-refractivity contribution is 0.401. The van der Waals surface area contributed by atoms with Crippen molar-refractivity contribution in [2.75, 3.05) is 7.11 Å². The number of nitrogens with zero attached hydrogens (tertiary/aromatic N) is 1. The van der Waals surface area contributed by atoms with E-state index in [4.69, 9.17) is 10.00 Å². The van der Waals surface area contributed by atoms with Gasteiger partial charge in [0.2, 0.25) is 0 Å². The molecular weight excluding hydrogens is 154 g/mol. The number of hydrogen-bond acceptors (Lipinski definition) is 3. The molecule has 0 bridgehead atoms. The molecule has 0 aliphatic heterocycles. The maximum atomic E-state index is 9.32. The summed E-state index contributed by atoms with van der Waals surface area (Å²) in [4.78, 5) is 0. The monoisotopic (exact) mass is 163 g/mol. The Bertz CT molecular complexity index is 315. The number of nitriles is 1. The van der Waals surface area contributed by atoms with E-state index in [9.17, 15) is 5.11 Å². The zero-order valence-electron chi connectivity index (χ0n) is 6.74. The molecule has 0 heterocycles. The van der Waals surface area contributed by atoms with Gasteiger partial charge in [-0.15, -0.1) is 0 Å². The smallest absolute Gasteiger partial charge is 0.126 e. The fourth-order valence-corrected chi connectivity index (χ4v) is 1.00. The van der Waals surface area contributed by atoms with Gasteiger partial charge < -0.3 is 9.84 Å². The third kappa shape index (κ3) is 1.48. The van der Waals surface area contributed by atoms with E-state index in [0.717, 1.165) is 0 Å². The molecular formula is C9H9NO2. The summed E-state index contributed by atoms with van der Waals surface area (Å²) in [5, 5.41) is 17.8. The molecule has 1 aromatic carbocycles. The van der Waals surface area contributed by atoms with Crippen LogP contribution in [0.5, 0.6) is 11.5 Å². The first kappa shape index (κ1) is 8.41. The number of benzene rings is 1. The zero-order valence-corrected chi connectivity index (χ0v) is 6.74. The molecule has 3 nitrogen and oxygen atoms in total. The SMILES string of the molecule is COc1cccc(O)c1CC#N. The number of rotatable bonds is 2. The van der Waals surface area contributed by atoms with E-state index in [1.54, 1.807) is 12.1 Å². The van der Waals surface area contributed by atoms with Crippen molar-refractivity contribution in [3.05, 3.63) is 23.8 Å². The van der Waals surface area contributed by atoms with E-state index in [1.807, 2.05) is 6.07 Å². The minimum atomic E-state index is 0.107. The van der Waals surface area contributed by atoms with E-state index < -0.39 is 0 Å². The predicted molar refractivity (Wildman–Crippen MR) is 44.0 cm³/mol. The van der Waals surface area contributed by atoms with Gasteiger partial charge in [-0.3, -0.25) is 0 Å². The standard InChI is InChI=1S/C9H9NO2/c1-12-9-4-2-3-8(11)7(9)5-6-10/h2-4,11H,5H2,1H3. The Hall–Kier alpha value is -1.69. The third-order valence-corrected chi connectivity index (χ3v) is 1.58. The average molecular weight is 163 g/mol. The summed E-state index contributed by atoms with van der Waals surface area (Å²) in [5.74, 6) is 0.660. The third-order valence-electron chi connectivity index (χ3n) is 1.58. The molecule has 0 aromatic heterocycles. The Morgan fingerprint density at radius 2 is 2.33 bits per heavy atom. The highest BCUT2D eigenvalue weighted by Gasteiger charge is 2.06. The average Bonchev–Trinajstić information content (AvgIpc) is 2.09. The molecule has 12 heavy (non-hydrogen) atoms. The lowest BCUT2D eigenvalue weighted by Gasteiger charge is -2.06. The van der Waals surface area contributed by atoms with Crippen molar-refractivity contribution in [3.8, 4) is 17.6 Å². The molecule has 3 heteroatoms. The molecule has 0 unspecified atom stereocenters. The Labute approximate surface area is 70.8 Å². The van der Waals surface area contributed by atoms with E-state index >= 15 is 0 Å². The van der Waals surface area contributed by atoms with Crippen molar-refractivity contribution in [1.29, 1.82) is 5.26 Å². The van der Waals surface area contributed by atoms with Crippen LogP contribution in [-0.2, 0) is 6.42 Å². The Balaban J connectivity index is 3.12. The van der Waals surface area contributed by atoms with Gasteiger partial charge >= 0.3 is 0 Å². The van der Waals surface area contributed by atoms with Gasteiger partial charge in [-0.2, -0.15) is 5.26 Å². The van der Waals surface area contributed by atoms with E-state index in [1.165, 1.54) is 13.2 Å². The molecule has 1 N–H and O–H groups in total. The van der Waals surface area contributed by atoms with Crippen molar-refractivity contribution in [3.63, 3.8) is 0 Å². The minimum absolute atomic E-state index is 0.107. The van der Waals surface area contributed by atoms with Crippen molar-refractivity contribution in [2.24, 2.45) is 0 Å². The van der Waals surface area contributed by atoms with Crippen LogP contribution in [0.3, 0.4) is 0 Å². The highest BCUT2D eigenvalue weighted by Crippen LogP contribution is 2.27. The number of ether oxygens (including phenoxy) is 1. The molecule has 0 fully saturated rings. The second-order valence-corrected chi connectivity index (χ2v) is 2.29. The normalized spacial score (nSPS) is 9.00. The molecule has 0 spiro atoms. The molecule has 0 amide bonds. The first-order valence-electron chi connectivity index (χ1n) is 3.51. The maximum absolute atomic E-state index is 9.32. The van der Waals surface area contributed by atoms with E-state index in [2.05, 4.69) is 0 Å². The summed E-state index contributed by atoms with van der Waals surface area (Å²) in [5.41, 5.74) is 0.544. The van der Waals surface area contributed by atoms with E-state index in [0.29, 0.717) is 11.3 Å². The van der Waals surface area contributed by atoms with Crippen LogP contribution in [0.2, 0.25) is 0 Å². The van der Waals surface area contributed by atoms with Crippen LogP contribution in [0.15, 0.2) is 18.2 Å². The topological polar surface area (TPSA) is 53.2 Å². The molecule has 1 rings (SSSR count). The van der Waals surface area contributed by atoms with Crippen molar-refractivity contribution >= 4 is 0 Å². The first-order valence-corrected chi connectivity index (χ1v) is 3.51. The lowest BCUT2D eigenvalue weighted by atomic mass is 10.1. The molecule has 0 saturated heterocycles. The number of phenols is 1. The van der Waals surface area contributed by atoms with Crippen LogP contribution in [0.4, 0.5) is 0 Å². The maximum Gasteiger partial charge on any atom is 0.126 e. The summed E-state index contributed by atoms with van der Waals surface area (Å²) in [6.07, 6.45) is 0.163. The van der Waals surface area contributed by atoms with Gasteiger partial charge in [0.25, 0.3) is 0 Å².